The molecule has 0 radical (unpaired) electrons. The quantitative estimate of drug-likeness (QED) is 0.616. The van der Waals surface area contributed by atoms with E-state index in [4.69, 9.17) is 10.7 Å². The third-order valence-electron chi connectivity index (χ3n) is 5.99. The number of nitrogens with zero attached hydrogens (tertiary/aromatic N) is 2. The van der Waals surface area contributed by atoms with Crippen LogP contribution in [0.2, 0.25) is 0 Å². The lowest BCUT2D eigenvalue weighted by atomic mass is 9.69. The minimum absolute atomic E-state index is 0.0532. The Balaban J connectivity index is 1.50. The number of allylic oxidation sites excluding steroid dienone is 4. The summed E-state index contributed by atoms with van der Waals surface area (Å²) < 4.78 is 0. The van der Waals surface area contributed by atoms with Gasteiger partial charge < -0.3 is 5.73 Å². The Bertz CT molecular complexity index is 872. The minimum Gasteiger partial charge on any atom is -0.368 e. The van der Waals surface area contributed by atoms with Gasteiger partial charge in [-0.05, 0) is 37.3 Å². The minimum atomic E-state index is -0.776. The SMILES string of the molecule is NC(=O)C1(NCc2ccc([N+](=O)[O-])cc2)CCC2=NC3=CC=CCC3C2C1. The molecule has 140 valence electrons. The molecule has 3 unspecified atom stereocenters. The summed E-state index contributed by atoms with van der Waals surface area (Å²) in [5, 5.41) is 14.2. The first kappa shape index (κ1) is 17.6. The van der Waals surface area contributed by atoms with Gasteiger partial charge in [0.15, 0.2) is 0 Å². The average molecular weight is 366 g/mol. The number of carbonyl (C=O) groups excluding carboxylic acids is 1. The summed E-state index contributed by atoms with van der Waals surface area (Å²) in [5.41, 5.74) is 8.28. The van der Waals surface area contributed by atoms with Gasteiger partial charge in [0, 0.05) is 41.9 Å². The van der Waals surface area contributed by atoms with E-state index in [-0.39, 0.29) is 17.5 Å². The highest BCUT2D eigenvalue weighted by molar-refractivity contribution is 5.95. The molecule has 1 amide bonds. The molecule has 1 saturated carbocycles. The number of fused-ring (bicyclic) bond motifs is 3. The highest BCUT2D eigenvalue weighted by Crippen LogP contribution is 2.45. The second kappa shape index (κ2) is 6.74. The van der Waals surface area contributed by atoms with E-state index < -0.39 is 10.5 Å². The Kier molecular flexibility index (Phi) is 4.39. The van der Waals surface area contributed by atoms with Gasteiger partial charge in [-0.2, -0.15) is 0 Å². The highest BCUT2D eigenvalue weighted by atomic mass is 16.6. The van der Waals surface area contributed by atoms with Gasteiger partial charge in [0.05, 0.1) is 10.5 Å². The maximum absolute atomic E-state index is 12.4. The molecule has 1 fully saturated rings. The van der Waals surface area contributed by atoms with E-state index >= 15 is 0 Å². The molecule has 3 aliphatic rings. The lowest BCUT2D eigenvalue weighted by molar-refractivity contribution is -0.384. The Labute approximate surface area is 157 Å². The number of amides is 1. The van der Waals surface area contributed by atoms with Crippen molar-refractivity contribution in [3.05, 3.63) is 63.9 Å². The first-order valence-electron chi connectivity index (χ1n) is 9.21. The van der Waals surface area contributed by atoms with E-state index in [1.165, 1.54) is 17.8 Å². The number of aliphatic imine (C=N–C) groups is 1. The van der Waals surface area contributed by atoms with Gasteiger partial charge in [-0.15, -0.1) is 0 Å². The molecular formula is C20H22N4O3. The Hall–Kier alpha value is -2.80. The number of rotatable bonds is 5. The standard InChI is InChI=1S/C20H22N4O3/c21-19(25)20(22-12-13-5-7-14(8-6-13)24(26)27)10-9-18-16(11-20)15-3-1-2-4-17(15)23-18/h1-2,4-8,15-16,22H,3,9-12H2,(H2,21,25). The fourth-order valence-electron chi connectivity index (χ4n) is 4.41. The molecule has 3 atom stereocenters. The maximum Gasteiger partial charge on any atom is 0.269 e. The van der Waals surface area contributed by atoms with Crippen LogP contribution in [-0.2, 0) is 11.3 Å². The van der Waals surface area contributed by atoms with Crippen molar-refractivity contribution >= 4 is 17.3 Å². The third kappa shape index (κ3) is 3.19. The second-order valence-electron chi connectivity index (χ2n) is 7.50. The molecule has 4 rings (SSSR count). The van der Waals surface area contributed by atoms with Crippen molar-refractivity contribution in [2.45, 2.75) is 37.8 Å². The van der Waals surface area contributed by atoms with Crippen LogP contribution in [-0.4, -0.2) is 22.1 Å². The molecule has 3 N–H and O–H groups in total. The van der Waals surface area contributed by atoms with Crippen LogP contribution in [0.1, 0.15) is 31.2 Å². The van der Waals surface area contributed by atoms with Crippen molar-refractivity contribution in [2.24, 2.45) is 22.6 Å². The molecular weight excluding hydrogens is 344 g/mol. The van der Waals surface area contributed by atoms with Gasteiger partial charge in [-0.1, -0.05) is 24.3 Å². The summed E-state index contributed by atoms with van der Waals surface area (Å²) in [7, 11) is 0. The molecule has 0 bridgehead atoms. The zero-order valence-corrected chi connectivity index (χ0v) is 14.9. The Morgan fingerprint density at radius 3 is 2.81 bits per heavy atom. The topological polar surface area (TPSA) is 111 Å². The normalized spacial score (nSPS) is 28.7. The summed E-state index contributed by atoms with van der Waals surface area (Å²) >= 11 is 0. The van der Waals surface area contributed by atoms with Crippen molar-refractivity contribution in [2.75, 3.05) is 0 Å². The van der Waals surface area contributed by atoms with Crippen LogP contribution in [0.5, 0.6) is 0 Å². The van der Waals surface area contributed by atoms with Crippen LogP contribution in [0.25, 0.3) is 0 Å². The van der Waals surface area contributed by atoms with E-state index in [1.807, 2.05) is 6.08 Å². The van der Waals surface area contributed by atoms with Crippen LogP contribution in [0.15, 0.2) is 53.2 Å². The van der Waals surface area contributed by atoms with Gasteiger partial charge >= 0.3 is 0 Å². The molecule has 0 spiro atoms. The van der Waals surface area contributed by atoms with Gasteiger partial charge in [-0.25, -0.2) is 0 Å². The van der Waals surface area contributed by atoms with Crippen molar-refractivity contribution in [3.63, 3.8) is 0 Å². The maximum atomic E-state index is 12.4. The molecule has 1 aliphatic heterocycles. The number of nitrogens with two attached hydrogens (primary N) is 1. The van der Waals surface area contributed by atoms with Crippen LogP contribution in [0, 0.1) is 22.0 Å². The third-order valence-corrected chi connectivity index (χ3v) is 5.99. The smallest absolute Gasteiger partial charge is 0.269 e. The van der Waals surface area contributed by atoms with Crippen molar-refractivity contribution in [3.8, 4) is 0 Å². The molecule has 1 heterocycles. The number of hydrogen-bond acceptors (Lipinski definition) is 5. The van der Waals surface area contributed by atoms with E-state index in [2.05, 4.69) is 17.5 Å². The number of primary amides is 1. The first-order valence-corrected chi connectivity index (χ1v) is 9.21. The summed E-state index contributed by atoms with van der Waals surface area (Å²) in [6, 6.07) is 6.36. The second-order valence-corrected chi connectivity index (χ2v) is 7.50. The van der Waals surface area contributed by atoms with Gasteiger partial charge in [-0.3, -0.25) is 25.2 Å². The lowest BCUT2D eigenvalue weighted by Crippen LogP contribution is -2.59. The molecule has 7 heteroatoms. The molecule has 0 saturated heterocycles. The van der Waals surface area contributed by atoms with Crippen molar-refractivity contribution < 1.29 is 9.72 Å². The molecule has 27 heavy (non-hydrogen) atoms. The average Bonchev–Trinajstić information content (AvgIpc) is 3.04. The molecule has 1 aromatic carbocycles. The van der Waals surface area contributed by atoms with E-state index in [1.54, 1.807) is 12.1 Å². The zero-order valence-electron chi connectivity index (χ0n) is 14.9. The number of non-ortho nitro benzene ring substituents is 1. The first-order chi connectivity index (χ1) is 13.0. The highest BCUT2D eigenvalue weighted by Gasteiger charge is 2.48. The number of hydrogen-bond donors (Lipinski definition) is 2. The summed E-state index contributed by atoms with van der Waals surface area (Å²) in [6.45, 7) is 0.438. The summed E-state index contributed by atoms with van der Waals surface area (Å²) in [5.74, 6) is 0.240. The van der Waals surface area contributed by atoms with E-state index in [0.717, 1.165) is 24.1 Å². The number of nitrogens with one attached hydrogen (secondary N) is 1. The fraction of sp³-hybridized carbons (Fsp3) is 0.400. The van der Waals surface area contributed by atoms with Crippen LogP contribution in [0.4, 0.5) is 5.69 Å². The lowest BCUT2D eigenvalue weighted by Gasteiger charge is -2.40. The largest absolute Gasteiger partial charge is 0.368 e. The number of nitro benzene ring substituents is 1. The van der Waals surface area contributed by atoms with Crippen LogP contribution < -0.4 is 11.1 Å². The number of nitro groups is 1. The fourth-order valence-corrected chi connectivity index (χ4v) is 4.41. The predicted octanol–water partition coefficient (Wildman–Crippen LogP) is 2.62. The van der Waals surface area contributed by atoms with Crippen molar-refractivity contribution in [1.82, 2.24) is 5.32 Å². The van der Waals surface area contributed by atoms with Gasteiger partial charge in [0.25, 0.3) is 5.69 Å². The molecule has 2 aliphatic carbocycles. The summed E-state index contributed by atoms with van der Waals surface area (Å²) in [4.78, 5) is 27.5. The van der Waals surface area contributed by atoms with Crippen molar-refractivity contribution in [1.29, 1.82) is 0 Å². The zero-order chi connectivity index (χ0) is 19.0. The molecule has 0 aromatic heterocycles. The van der Waals surface area contributed by atoms with E-state index in [9.17, 15) is 14.9 Å². The monoisotopic (exact) mass is 366 g/mol. The number of carbonyl (C=O) groups is 1. The van der Waals surface area contributed by atoms with Crippen LogP contribution in [0.3, 0.4) is 0 Å². The van der Waals surface area contributed by atoms with Gasteiger partial charge in [0.1, 0.15) is 0 Å². The number of benzene rings is 1. The summed E-state index contributed by atoms with van der Waals surface area (Å²) in [6.07, 6.45) is 9.23. The Morgan fingerprint density at radius 2 is 2.11 bits per heavy atom. The Morgan fingerprint density at radius 1 is 1.33 bits per heavy atom. The van der Waals surface area contributed by atoms with Gasteiger partial charge in [0.2, 0.25) is 5.91 Å². The van der Waals surface area contributed by atoms with E-state index in [0.29, 0.717) is 25.3 Å². The molecule has 7 nitrogen and oxygen atoms in total. The molecule has 1 aromatic rings. The predicted molar refractivity (Wildman–Crippen MR) is 102 cm³/mol. The van der Waals surface area contributed by atoms with Crippen LogP contribution >= 0.6 is 0 Å².